The Hall–Kier alpha value is -3.73. The Kier molecular flexibility index (Phi) is 10.9. The van der Waals surface area contributed by atoms with Crippen molar-refractivity contribution in [3.8, 4) is 11.5 Å². The van der Waals surface area contributed by atoms with Crippen molar-refractivity contribution in [2.24, 2.45) is 0 Å². The van der Waals surface area contributed by atoms with E-state index in [0.29, 0.717) is 11.1 Å². The molecule has 0 unspecified atom stereocenters. The molecule has 1 saturated carbocycles. The van der Waals surface area contributed by atoms with Crippen LogP contribution in [0.15, 0.2) is 42.5 Å². The monoisotopic (exact) mass is 590 g/mol. The summed E-state index contributed by atoms with van der Waals surface area (Å²) in [5.74, 6) is -4.16. The number of nitrogens with one attached hydrogen (secondary N) is 1. The number of urea groups is 1. The van der Waals surface area contributed by atoms with E-state index in [1.54, 1.807) is 63.2 Å². The predicted octanol–water partition coefficient (Wildman–Crippen LogP) is 5.66. The van der Waals surface area contributed by atoms with Crippen molar-refractivity contribution in [3.05, 3.63) is 59.2 Å². The predicted molar refractivity (Wildman–Crippen MR) is 153 cm³/mol. The summed E-state index contributed by atoms with van der Waals surface area (Å²) in [7, 11) is 1.46. The van der Waals surface area contributed by atoms with Gasteiger partial charge < -0.3 is 29.5 Å². The lowest BCUT2D eigenvalue weighted by Crippen LogP contribution is -2.66. The molecule has 11 heteroatoms. The second-order valence-corrected chi connectivity index (χ2v) is 10.5. The number of halogens is 2. The minimum absolute atomic E-state index is 0.0489. The molecule has 0 aliphatic heterocycles. The van der Waals surface area contributed by atoms with Crippen LogP contribution in [0.4, 0.5) is 13.6 Å². The first-order valence-electron chi connectivity index (χ1n) is 14.1. The van der Waals surface area contributed by atoms with Crippen LogP contribution in [0.25, 0.3) is 0 Å². The minimum atomic E-state index is -3.15. The number of carbonyl (C=O) groups excluding carboxylic acids is 2. The molecule has 3 rings (SSSR count). The number of rotatable bonds is 15. The van der Waals surface area contributed by atoms with E-state index >= 15 is 8.78 Å². The molecule has 0 radical (unpaired) electrons. The van der Waals surface area contributed by atoms with Crippen molar-refractivity contribution in [1.29, 1.82) is 0 Å². The van der Waals surface area contributed by atoms with Crippen molar-refractivity contribution in [2.75, 3.05) is 26.9 Å². The van der Waals surface area contributed by atoms with E-state index in [1.807, 2.05) is 0 Å². The number of ether oxygens (including phenoxy) is 3. The molecule has 0 heterocycles. The molecule has 1 fully saturated rings. The number of carbonyl (C=O) groups is 3. The van der Waals surface area contributed by atoms with Gasteiger partial charge in [0.15, 0.2) is 5.78 Å². The molecule has 2 amide bonds. The van der Waals surface area contributed by atoms with Crippen LogP contribution in [-0.2, 0) is 16.0 Å². The zero-order valence-corrected chi connectivity index (χ0v) is 24.7. The van der Waals surface area contributed by atoms with Gasteiger partial charge in [0.05, 0.1) is 25.4 Å². The van der Waals surface area contributed by atoms with Gasteiger partial charge in [0.25, 0.3) is 5.92 Å². The van der Waals surface area contributed by atoms with Crippen LogP contribution in [0.2, 0.25) is 0 Å². The van der Waals surface area contributed by atoms with E-state index in [1.165, 1.54) is 18.9 Å². The lowest BCUT2D eigenvalue weighted by Gasteiger charge is -2.45. The average Bonchev–Trinajstić information content (AvgIpc) is 2.90. The van der Waals surface area contributed by atoms with E-state index in [0.717, 1.165) is 0 Å². The maximum atomic E-state index is 15.2. The Morgan fingerprint density at radius 2 is 1.67 bits per heavy atom. The fourth-order valence-electron chi connectivity index (χ4n) is 5.15. The van der Waals surface area contributed by atoms with E-state index in [4.69, 9.17) is 14.2 Å². The first kappa shape index (κ1) is 32.8. The largest absolute Gasteiger partial charge is 0.493 e. The Morgan fingerprint density at radius 3 is 2.14 bits per heavy atom. The number of ketones is 1. The van der Waals surface area contributed by atoms with Crippen LogP contribution in [0.3, 0.4) is 0 Å². The van der Waals surface area contributed by atoms with Gasteiger partial charge in [0.1, 0.15) is 22.6 Å². The lowest BCUT2D eigenvalue weighted by molar-refractivity contribution is -0.155. The molecule has 9 nitrogen and oxygen atoms in total. The highest BCUT2D eigenvalue weighted by Gasteiger charge is 2.53. The molecule has 2 aromatic rings. The SMILES string of the molecule is CCOc1cc([C@@H](C)N(CCC(F)(F)Cc2ccccc2)C(=O)NC2(C(=O)O)CC(OC)C2)cc(OCC)c1C(C)=O. The Labute approximate surface area is 245 Å². The molecular weight excluding hydrogens is 550 g/mol. The second-order valence-electron chi connectivity index (χ2n) is 10.5. The lowest BCUT2D eigenvalue weighted by atomic mass is 9.74. The van der Waals surface area contributed by atoms with E-state index in [2.05, 4.69) is 5.32 Å². The third-order valence-corrected chi connectivity index (χ3v) is 7.52. The van der Waals surface area contributed by atoms with Crippen LogP contribution in [0.1, 0.15) is 74.5 Å². The summed E-state index contributed by atoms with van der Waals surface area (Å²) >= 11 is 0. The van der Waals surface area contributed by atoms with Crippen LogP contribution in [-0.4, -0.2) is 72.2 Å². The number of carboxylic acids is 1. The van der Waals surface area contributed by atoms with Gasteiger partial charge in [-0.15, -0.1) is 0 Å². The highest BCUT2D eigenvalue weighted by molar-refractivity contribution is 6.00. The summed E-state index contributed by atoms with van der Waals surface area (Å²) in [6.07, 6.45) is -1.42. The van der Waals surface area contributed by atoms with Gasteiger partial charge in [-0.1, -0.05) is 30.3 Å². The zero-order chi connectivity index (χ0) is 31.1. The number of methoxy groups -OCH3 is 1. The van der Waals surface area contributed by atoms with E-state index in [-0.39, 0.29) is 61.5 Å². The number of benzene rings is 2. The molecule has 0 aromatic heterocycles. The van der Waals surface area contributed by atoms with Crippen molar-refractivity contribution >= 4 is 17.8 Å². The number of alkyl halides is 2. The summed E-state index contributed by atoms with van der Waals surface area (Å²) in [5.41, 5.74) is -0.404. The fourth-order valence-corrected chi connectivity index (χ4v) is 5.15. The molecule has 2 aromatic carbocycles. The molecule has 2 N–H and O–H groups in total. The molecular formula is C31H40F2N2O7. The van der Waals surface area contributed by atoms with Gasteiger partial charge in [0.2, 0.25) is 0 Å². The molecule has 42 heavy (non-hydrogen) atoms. The third-order valence-electron chi connectivity index (χ3n) is 7.52. The first-order chi connectivity index (χ1) is 19.9. The molecule has 1 aliphatic carbocycles. The van der Waals surface area contributed by atoms with Crippen LogP contribution in [0, 0.1) is 0 Å². The number of Topliss-reactive ketones (excluding diaryl/α,β-unsaturated/α-hetero) is 1. The summed E-state index contributed by atoms with van der Waals surface area (Å²) in [5, 5.41) is 12.5. The van der Waals surface area contributed by atoms with Gasteiger partial charge in [-0.05, 0) is 51.0 Å². The summed E-state index contributed by atoms with van der Waals surface area (Å²) < 4.78 is 47.0. The zero-order valence-electron chi connectivity index (χ0n) is 24.7. The van der Waals surface area contributed by atoms with Gasteiger partial charge in [-0.2, -0.15) is 0 Å². The third kappa shape index (κ3) is 7.76. The van der Waals surface area contributed by atoms with Crippen LogP contribution < -0.4 is 14.8 Å². The van der Waals surface area contributed by atoms with Crippen molar-refractivity contribution in [1.82, 2.24) is 10.2 Å². The molecule has 230 valence electrons. The van der Waals surface area contributed by atoms with Crippen molar-refractivity contribution in [2.45, 2.75) is 77.0 Å². The topological polar surface area (TPSA) is 114 Å². The van der Waals surface area contributed by atoms with Gasteiger partial charge in [-0.25, -0.2) is 18.4 Å². The van der Waals surface area contributed by atoms with E-state index in [9.17, 15) is 19.5 Å². The van der Waals surface area contributed by atoms with Gasteiger partial charge in [0, 0.05) is 39.3 Å². The maximum Gasteiger partial charge on any atom is 0.329 e. The number of amides is 2. The normalized spacial score (nSPS) is 18.9. The first-order valence-corrected chi connectivity index (χ1v) is 14.1. The van der Waals surface area contributed by atoms with Crippen molar-refractivity contribution < 1.29 is 42.5 Å². The van der Waals surface area contributed by atoms with Gasteiger partial charge in [-0.3, -0.25) is 4.79 Å². The van der Waals surface area contributed by atoms with Crippen LogP contribution in [0.5, 0.6) is 11.5 Å². The van der Waals surface area contributed by atoms with Crippen LogP contribution >= 0.6 is 0 Å². The van der Waals surface area contributed by atoms with E-state index < -0.39 is 42.3 Å². The molecule has 1 atom stereocenters. The number of hydrogen-bond acceptors (Lipinski definition) is 6. The second kappa shape index (κ2) is 14.0. The quantitative estimate of drug-likeness (QED) is 0.257. The highest BCUT2D eigenvalue weighted by atomic mass is 19.3. The van der Waals surface area contributed by atoms with Gasteiger partial charge >= 0.3 is 12.0 Å². The Balaban J connectivity index is 1.97. The summed E-state index contributed by atoms with van der Waals surface area (Å²) in [6.45, 7) is 6.67. The molecule has 1 aliphatic rings. The number of carboxylic acid groups (broad SMARTS) is 1. The number of aliphatic carboxylic acids is 1. The smallest absolute Gasteiger partial charge is 0.329 e. The molecule has 0 bridgehead atoms. The average molecular weight is 591 g/mol. The standard InChI is InChI=1S/C31H40F2N2O7/c1-6-41-25-15-23(16-26(42-7-2)27(25)21(4)36)20(3)35(14-13-31(32,33)17-22-11-9-8-10-12-22)29(39)34-30(28(37)38)18-24(19-30)40-5/h8-12,15-16,20,24H,6-7,13-14,17-19H2,1-5H3,(H,34,39)(H,37,38)/t20-,24?,30?/m1/s1. The maximum absolute atomic E-state index is 15.2. The molecule has 0 spiro atoms. The number of nitrogens with zero attached hydrogens (tertiary/aromatic N) is 1. The Morgan fingerprint density at radius 1 is 1.10 bits per heavy atom. The molecule has 0 saturated heterocycles. The summed E-state index contributed by atoms with van der Waals surface area (Å²) in [6, 6.07) is 9.89. The fraction of sp³-hybridized carbons (Fsp3) is 0.516. The Bertz CT molecular complexity index is 1220. The van der Waals surface area contributed by atoms with Crippen molar-refractivity contribution in [3.63, 3.8) is 0 Å². The number of hydrogen-bond donors (Lipinski definition) is 2. The highest BCUT2D eigenvalue weighted by Crippen LogP contribution is 2.38. The minimum Gasteiger partial charge on any atom is -0.493 e. The summed E-state index contributed by atoms with van der Waals surface area (Å²) in [4.78, 5) is 39.5.